The summed E-state index contributed by atoms with van der Waals surface area (Å²) in [5.74, 6) is 0. The molecule has 0 aliphatic rings. The van der Waals surface area contributed by atoms with Crippen LogP contribution in [0, 0.1) is 39.0 Å². The first-order valence-electron chi connectivity index (χ1n) is 19.1. The van der Waals surface area contributed by atoms with Gasteiger partial charge in [0.05, 0.1) is 44.8 Å². The Morgan fingerprint density at radius 1 is 0.429 bits per heavy atom. The van der Waals surface area contributed by atoms with E-state index in [9.17, 15) is 5.26 Å². The van der Waals surface area contributed by atoms with Crippen LogP contribution >= 0.6 is 0 Å². The largest absolute Gasteiger partial charge is 0.308 e. The van der Waals surface area contributed by atoms with Crippen molar-refractivity contribution in [3.05, 3.63) is 186 Å². The summed E-state index contributed by atoms with van der Waals surface area (Å²) in [5, 5.41) is 16.1. The van der Waals surface area contributed by atoms with Crippen LogP contribution < -0.4 is 0 Å². The number of aryl methyl sites for hydroxylation is 4. The van der Waals surface area contributed by atoms with E-state index in [1.54, 1.807) is 0 Å². The van der Waals surface area contributed by atoms with Gasteiger partial charge in [-0.05, 0) is 100.0 Å². The lowest BCUT2D eigenvalue weighted by atomic mass is 9.95. The van der Waals surface area contributed by atoms with Crippen molar-refractivity contribution in [1.82, 2.24) is 14.1 Å². The van der Waals surface area contributed by atoms with Crippen LogP contribution in [0.3, 0.4) is 0 Å². The third kappa shape index (κ3) is 5.32. The second-order valence-corrected chi connectivity index (χ2v) is 15.1. The van der Waals surface area contributed by atoms with Crippen LogP contribution in [0.25, 0.3) is 88.6 Å². The minimum Gasteiger partial charge on any atom is -0.308 e. The molecule has 0 unspecified atom stereocenters. The summed E-state index contributed by atoms with van der Waals surface area (Å²) in [6, 6.07) is 58.8. The van der Waals surface area contributed by atoms with Gasteiger partial charge in [-0.15, -0.1) is 0 Å². The first kappa shape index (κ1) is 33.4. The molecule has 4 heteroatoms. The SMILES string of the molecule is Cc1ccc2c(c1)c1cc(C)ccc1n2-c1cc(-c2ccc(-c3ccccc3)nc2-c2ccccc2)cc(-n2c3ccc(C)cc3c3cc(C)ccc32)c1C#N. The molecule has 0 aliphatic heterocycles. The summed E-state index contributed by atoms with van der Waals surface area (Å²) in [6.45, 7) is 8.56. The minimum atomic E-state index is 0.601. The van der Waals surface area contributed by atoms with E-state index in [1.807, 2.05) is 12.1 Å². The highest BCUT2D eigenvalue weighted by atomic mass is 15.0. The van der Waals surface area contributed by atoms with Gasteiger partial charge in [0.25, 0.3) is 0 Å². The molecule has 0 radical (unpaired) electrons. The van der Waals surface area contributed by atoms with Gasteiger partial charge in [-0.1, -0.05) is 113 Å². The molecule has 0 saturated carbocycles. The summed E-state index contributed by atoms with van der Waals surface area (Å²) < 4.78 is 4.59. The van der Waals surface area contributed by atoms with Crippen molar-refractivity contribution < 1.29 is 0 Å². The van der Waals surface area contributed by atoms with Crippen LogP contribution in [-0.2, 0) is 0 Å². The average Bonchev–Trinajstić information content (AvgIpc) is 3.71. The molecule has 4 nitrogen and oxygen atoms in total. The number of rotatable bonds is 5. The van der Waals surface area contributed by atoms with Gasteiger partial charge in [0.15, 0.2) is 0 Å². The molecule has 0 spiro atoms. The molecule has 56 heavy (non-hydrogen) atoms. The monoisotopic (exact) mass is 718 g/mol. The van der Waals surface area contributed by atoms with Crippen molar-refractivity contribution in [3.8, 4) is 51.1 Å². The maximum Gasteiger partial charge on any atom is 0.104 e. The summed E-state index contributed by atoms with van der Waals surface area (Å²) in [7, 11) is 0. The fourth-order valence-corrected chi connectivity index (χ4v) is 8.53. The van der Waals surface area contributed by atoms with E-state index in [2.05, 4.69) is 188 Å². The first-order chi connectivity index (χ1) is 27.4. The topological polar surface area (TPSA) is 46.5 Å². The van der Waals surface area contributed by atoms with Crippen molar-refractivity contribution in [2.45, 2.75) is 27.7 Å². The fraction of sp³-hybridized carbons (Fsp3) is 0.0769. The maximum atomic E-state index is 11.4. The predicted molar refractivity (Wildman–Crippen MR) is 233 cm³/mol. The highest BCUT2D eigenvalue weighted by molar-refractivity contribution is 6.12. The molecular weight excluding hydrogens is 681 g/mol. The zero-order chi connectivity index (χ0) is 38.1. The molecule has 0 atom stereocenters. The van der Waals surface area contributed by atoms with E-state index < -0.39 is 0 Å². The number of nitrogens with zero attached hydrogens (tertiary/aromatic N) is 4. The third-order valence-electron chi connectivity index (χ3n) is 11.2. The van der Waals surface area contributed by atoms with Gasteiger partial charge in [0, 0.05) is 38.2 Å². The molecule has 0 fully saturated rings. The Bertz CT molecular complexity index is 2970. The van der Waals surface area contributed by atoms with Crippen molar-refractivity contribution >= 4 is 43.6 Å². The fourth-order valence-electron chi connectivity index (χ4n) is 8.53. The molecule has 0 saturated heterocycles. The number of hydrogen-bond donors (Lipinski definition) is 0. The lowest BCUT2D eigenvalue weighted by Crippen LogP contribution is -2.06. The van der Waals surface area contributed by atoms with E-state index in [0.29, 0.717) is 5.56 Å². The minimum absolute atomic E-state index is 0.601. The molecule has 7 aromatic carbocycles. The summed E-state index contributed by atoms with van der Waals surface area (Å²) >= 11 is 0. The predicted octanol–water partition coefficient (Wildman–Crippen LogP) is 13.4. The zero-order valence-corrected chi connectivity index (χ0v) is 31.8. The number of benzene rings is 7. The van der Waals surface area contributed by atoms with Crippen LogP contribution in [0.4, 0.5) is 0 Å². The molecular formula is C52H38N4. The van der Waals surface area contributed by atoms with E-state index in [1.165, 1.54) is 43.8 Å². The standard InChI is InChI=1S/C52H38N4/c1-32-15-21-46-40(25-32)41-26-33(2)16-22-47(41)55(46)50-29-38(39-19-20-45(36-11-7-5-8-12-36)54-52(39)37-13-9-6-10-14-37)30-51(44(50)31-53)56-48-23-17-34(3)27-42(48)43-28-35(4)18-24-49(43)56/h5-30H,1-4H3. The molecule has 0 aliphatic carbocycles. The third-order valence-corrected chi connectivity index (χ3v) is 11.2. The van der Waals surface area contributed by atoms with Crippen molar-refractivity contribution in [2.75, 3.05) is 0 Å². The van der Waals surface area contributed by atoms with E-state index in [0.717, 1.165) is 67.1 Å². The van der Waals surface area contributed by atoms with Gasteiger partial charge < -0.3 is 9.13 Å². The number of pyridine rings is 1. The average molecular weight is 719 g/mol. The number of aromatic nitrogens is 3. The van der Waals surface area contributed by atoms with Crippen LogP contribution in [0.5, 0.6) is 0 Å². The van der Waals surface area contributed by atoms with Gasteiger partial charge in [-0.25, -0.2) is 4.98 Å². The van der Waals surface area contributed by atoms with Crippen LogP contribution in [0.15, 0.2) is 158 Å². The molecule has 3 heterocycles. The Balaban J connectivity index is 1.37. The van der Waals surface area contributed by atoms with Crippen molar-refractivity contribution in [2.24, 2.45) is 0 Å². The zero-order valence-electron chi connectivity index (χ0n) is 31.8. The van der Waals surface area contributed by atoms with Crippen molar-refractivity contribution in [3.63, 3.8) is 0 Å². The van der Waals surface area contributed by atoms with Gasteiger partial charge >= 0.3 is 0 Å². The Morgan fingerprint density at radius 3 is 1.25 bits per heavy atom. The summed E-state index contributed by atoms with van der Waals surface area (Å²) in [6.07, 6.45) is 0. The number of fused-ring (bicyclic) bond motifs is 6. The lowest BCUT2D eigenvalue weighted by Gasteiger charge is -2.20. The maximum absolute atomic E-state index is 11.4. The highest BCUT2D eigenvalue weighted by Gasteiger charge is 2.24. The van der Waals surface area contributed by atoms with Gasteiger partial charge in [0.1, 0.15) is 11.6 Å². The molecule has 0 bridgehead atoms. The Kier molecular flexibility index (Phi) is 7.73. The summed E-state index contributed by atoms with van der Waals surface area (Å²) in [4.78, 5) is 5.38. The van der Waals surface area contributed by atoms with Crippen molar-refractivity contribution in [1.29, 1.82) is 5.26 Å². The lowest BCUT2D eigenvalue weighted by molar-refractivity contribution is 1.12. The molecule has 10 aromatic rings. The summed E-state index contributed by atoms with van der Waals surface area (Å²) in [5.41, 5.74) is 17.1. The van der Waals surface area contributed by atoms with E-state index in [4.69, 9.17) is 4.98 Å². The van der Waals surface area contributed by atoms with Gasteiger partial charge in [-0.3, -0.25) is 0 Å². The smallest absolute Gasteiger partial charge is 0.104 e. The number of hydrogen-bond acceptors (Lipinski definition) is 2. The van der Waals surface area contributed by atoms with Gasteiger partial charge in [-0.2, -0.15) is 5.26 Å². The molecule has 10 rings (SSSR count). The second-order valence-electron chi connectivity index (χ2n) is 15.1. The molecule has 266 valence electrons. The van der Waals surface area contributed by atoms with E-state index in [-0.39, 0.29) is 0 Å². The number of nitriles is 1. The highest BCUT2D eigenvalue weighted by Crippen LogP contribution is 2.42. The molecule has 3 aromatic heterocycles. The second kappa shape index (κ2) is 13.0. The molecule has 0 N–H and O–H groups in total. The van der Waals surface area contributed by atoms with Crippen LogP contribution in [-0.4, -0.2) is 14.1 Å². The quantitative estimate of drug-likeness (QED) is 0.178. The molecule has 0 amide bonds. The first-order valence-corrected chi connectivity index (χ1v) is 19.1. The Hall–Kier alpha value is -7.22. The van der Waals surface area contributed by atoms with Gasteiger partial charge in [0.2, 0.25) is 0 Å². The normalized spacial score (nSPS) is 11.6. The Labute approximate surface area is 326 Å². The Morgan fingerprint density at radius 2 is 0.839 bits per heavy atom. The van der Waals surface area contributed by atoms with Crippen LogP contribution in [0.1, 0.15) is 27.8 Å². The van der Waals surface area contributed by atoms with E-state index >= 15 is 0 Å². The van der Waals surface area contributed by atoms with Crippen LogP contribution in [0.2, 0.25) is 0 Å².